The Kier molecular flexibility index (Phi) is 10.9. The maximum Gasteiger partial charge on any atom is 0.252 e. The maximum absolute atomic E-state index is 14.3. The molecule has 0 bridgehead atoms. The van der Waals surface area contributed by atoms with Crippen LogP contribution in [0.15, 0.2) is 78.9 Å². The number of aryl methyl sites for hydroxylation is 1. The Morgan fingerprint density at radius 2 is 1.58 bits per heavy atom. The van der Waals surface area contributed by atoms with Gasteiger partial charge in [-0.15, -0.1) is 0 Å². The number of hydrogen-bond donors (Lipinski definition) is 3. The molecule has 2 aliphatic rings. The lowest BCUT2D eigenvalue weighted by Gasteiger charge is -2.39. The van der Waals surface area contributed by atoms with Crippen LogP contribution in [-0.4, -0.2) is 42.5 Å². The van der Waals surface area contributed by atoms with Gasteiger partial charge >= 0.3 is 0 Å². The molecule has 3 aromatic rings. The summed E-state index contributed by atoms with van der Waals surface area (Å²) in [6.45, 7) is 0. The topological polar surface area (TPSA) is 144 Å². The maximum atomic E-state index is 14.3. The second-order valence-corrected chi connectivity index (χ2v) is 11.2. The van der Waals surface area contributed by atoms with E-state index in [-0.39, 0.29) is 30.2 Å². The van der Waals surface area contributed by atoms with Crippen molar-refractivity contribution in [1.82, 2.24) is 16.0 Å². The summed E-state index contributed by atoms with van der Waals surface area (Å²) in [6.07, 6.45) is 6.88. The molecule has 2 aliphatic carbocycles. The zero-order valence-electron chi connectivity index (χ0n) is 24.6. The van der Waals surface area contributed by atoms with E-state index in [2.05, 4.69) is 16.0 Å². The zero-order chi connectivity index (χ0) is 30.7. The Morgan fingerprint density at radius 3 is 2.26 bits per heavy atom. The van der Waals surface area contributed by atoms with Crippen molar-refractivity contribution in [3.05, 3.63) is 101 Å². The molecule has 224 valence electrons. The van der Waals surface area contributed by atoms with Gasteiger partial charge in [-0.25, -0.2) is 0 Å². The number of hydrogen-bond acceptors (Lipinski definition) is 6. The van der Waals surface area contributed by atoms with Crippen molar-refractivity contribution in [2.24, 2.45) is 0 Å². The molecule has 0 aliphatic heterocycles. The van der Waals surface area contributed by atoms with Crippen LogP contribution in [0.4, 0.5) is 0 Å². The van der Waals surface area contributed by atoms with Gasteiger partial charge in [0.25, 0.3) is 5.91 Å². The quantitative estimate of drug-likeness (QED) is 0.316. The van der Waals surface area contributed by atoms with Crippen LogP contribution in [0.5, 0.6) is 5.75 Å². The molecule has 0 unspecified atom stereocenters. The van der Waals surface area contributed by atoms with Gasteiger partial charge in [0, 0.05) is 40.8 Å². The predicted octanol–water partition coefficient (Wildman–Crippen LogP) is 4.56. The van der Waals surface area contributed by atoms with E-state index in [0.717, 1.165) is 42.4 Å². The zero-order valence-corrected chi connectivity index (χ0v) is 24.6. The first-order valence-corrected chi connectivity index (χ1v) is 14.8. The monoisotopic (exact) mass is 581 g/mol. The molecule has 3 amide bonds. The van der Waals surface area contributed by atoms with Crippen LogP contribution in [0.25, 0.3) is 0 Å². The van der Waals surface area contributed by atoms with E-state index in [1.165, 1.54) is 6.42 Å². The lowest BCUT2D eigenvalue weighted by Crippen LogP contribution is -2.64. The standard InChI is InChI=1S/C34H39N3O4.N2/c1-41-30-19-11-16-25-20-21-34(23-28(25)30,37-31(38)26-14-7-3-8-15-26)33(40)36-29(22-24-12-5-2-6-13-24)32(39)35-27-17-9-4-10-18-27;1-2/h2-3,5-8,11-16,19,27,29H,4,9-10,17-18,20-23H2,1H3,(H,35,39)(H,36,40)(H,37,38);/t29-,34+;/m0./s1. The van der Waals surface area contributed by atoms with Crippen LogP contribution < -0.4 is 20.7 Å². The van der Waals surface area contributed by atoms with Gasteiger partial charge in [-0.1, -0.05) is 79.9 Å². The van der Waals surface area contributed by atoms with Gasteiger partial charge < -0.3 is 20.7 Å². The molecule has 43 heavy (non-hydrogen) atoms. The second kappa shape index (κ2) is 15.0. The van der Waals surface area contributed by atoms with E-state index < -0.39 is 11.6 Å². The second-order valence-electron chi connectivity index (χ2n) is 11.2. The molecular weight excluding hydrogens is 542 g/mol. The molecule has 0 aromatic heterocycles. The van der Waals surface area contributed by atoms with Crippen molar-refractivity contribution in [2.75, 3.05) is 7.11 Å². The minimum Gasteiger partial charge on any atom is -0.496 e. The third kappa shape index (κ3) is 7.77. The Labute approximate surface area is 252 Å². The number of carbonyl (C=O) groups excluding carboxylic acids is 3. The Hall–Kier alpha value is -4.71. The average Bonchev–Trinajstić information content (AvgIpc) is 3.06. The number of nitrogens with one attached hydrogen (secondary N) is 3. The smallest absolute Gasteiger partial charge is 0.252 e. The number of fused-ring (bicyclic) bond motifs is 1. The van der Waals surface area contributed by atoms with E-state index in [1.54, 1.807) is 31.4 Å². The summed E-state index contributed by atoms with van der Waals surface area (Å²) in [5.41, 5.74) is 2.17. The SMILES string of the molecule is COc1cccc2c1C[C@@](NC(=O)c1ccccc1)(C(=O)N[C@@H](Cc1ccccc1)C(=O)NC1CCCCC1)CC2.N#N. The van der Waals surface area contributed by atoms with Crippen LogP contribution in [0, 0.1) is 10.8 Å². The molecule has 9 heteroatoms. The van der Waals surface area contributed by atoms with Crippen molar-refractivity contribution >= 4 is 17.7 Å². The summed E-state index contributed by atoms with van der Waals surface area (Å²) in [4.78, 5) is 41.5. The number of rotatable bonds is 9. The first-order chi connectivity index (χ1) is 21.0. The summed E-state index contributed by atoms with van der Waals surface area (Å²) in [5, 5.41) is 21.4. The van der Waals surface area contributed by atoms with E-state index in [0.29, 0.717) is 30.6 Å². The summed E-state index contributed by atoms with van der Waals surface area (Å²) in [7, 11) is 1.61. The van der Waals surface area contributed by atoms with Crippen molar-refractivity contribution in [1.29, 1.82) is 10.8 Å². The predicted molar refractivity (Wildman–Crippen MR) is 162 cm³/mol. The number of benzene rings is 3. The molecule has 0 saturated heterocycles. The minimum absolute atomic E-state index is 0.115. The highest BCUT2D eigenvalue weighted by atomic mass is 16.5. The van der Waals surface area contributed by atoms with Crippen molar-refractivity contribution < 1.29 is 19.1 Å². The van der Waals surface area contributed by atoms with Crippen LogP contribution in [-0.2, 0) is 28.9 Å². The van der Waals surface area contributed by atoms with Crippen molar-refractivity contribution in [2.45, 2.75) is 75.4 Å². The molecule has 2 atom stereocenters. The van der Waals surface area contributed by atoms with Crippen molar-refractivity contribution in [3.8, 4) is 5.75 Å². The summed E-state index contributed by atoms with van der Waals surface area (Å²) < 4.78 is 5.65. The van der Waals surface area contributed by atoms with Gasteiger partial charge in [0.2, 0.25) is 11.8 Å². The lowest BCUT2D eigenvalue weighted by atomic mass is 9.76. The van der Waals surface area contributed by atoms with E-state index in [9.17, 15) is 14.4 Å². The van der Waals surface area contributed by atoms with Crippen LogP contribution in [0.2, 0.25) is 0 Å². The highest BCUT2D eigenvalue weighted by molar-refractivity contribution is 6.00. The highest BCUT2D eigenvalue weighted by Crippen LogP contribution is 2.35. The Morgan fingerprint density at radius 1 is 0.907 bits per heavy atom. The first-order valence-electron chi connectivity index (χ1n) is 14.8. The fourth-order valence-electron chi connectivity index (χ4n) is 6.12. The van der Waals surface area contributed by atoms with Crippen molar-refractivity contribution in [3.63, 3.8) is 0 Å². The van der Waals surface area contributed by atoms with Gasteiger partial charge in [-0.05, 0) is 55.0 Å². The van der Waals surface area contributed by atoms with Crippen LogP contribution in [0.3, 0.4) is 0 Å². The van der Waals surface area contributed by atoms with E-state index >= 15 is 0 Å². The van der Waals surface area contributed by atoms with Gasteiger partial charge in [-0.2, -0.15) is 0 Å². The highest BCUT2D eigenvalue weighted by Gasteiger charge is 2.45. The number of ether oxygens (including phenoxy) is 1. The van der Waals surface area contributed by atoms with E-state index in [1.807, 2.05) is 54.6 Å². The fourth-order valence-corrected chi connectivity index (χ4v) is 6.12. The molecule has 5 rings (SSSR count). The van der Waals surface area contributed by atoms with Gasteiger partial charge in [-0.3, -0.25) is 14.4 Å². The fraction of sp³-hybridized carbons (Fsp3) is 0.382. The summed E-state index contributed by atoms with van der Waals surface area (Å²) >= 11 is 0. The number of nitrogens with zero attached hydrogens (tertiary/aromatic N) is 2. The lowest BCUT2D eigenvalue weighted by molar-refractivity contribution is -0.133. The molecule has 0 spiro atoms. The largest absolute Gasteiger partial charge is 0.496 e. The van der Waals surface area contributed by atoms with Crippen LogP contribution >= 0.6 is 0 Å². The molecule has 9 nitrogen and oxygen atoms in total. The normalized spacial score (nSPS) is 18.5. The number of methoxy groups -OCH3 is 1. The van der Waals surface area contributed by atoms with Gasteiger partial charge in [0.05, 0.1) is 7.11 Å². The molecule has 1 saturated carbocycles. The molecule has 1 fully saturated rings. The molecule has 3 N–H and O–H groups in total. The molecule has 0 radical (unpaired) electrons. The molecule has 0 heterocycles. The average molecular weight is 582 g/mol. The van der Waals surface area contributed by atoms with Gasteiger partial charge in [0.15, 0.2) is 0 Å². The van der Waals surface area contributed by atoms with Gasteiger partial charge in [0.1, 0.15) is 17.3 Å². The molecule has 3 aromatic carbocycles. The molecular formula is C34H39N5O4. The Balaban J connectivity index is 0.00000207. The van der Waals surface area contributed by atoms with Crippen LogP contribution in [0.1, 0.15) is 65.6 Å². The minimum atomic E-state index is -1.26. The Bertz CT molecular complexity index is 1390. The number of amides is 3. The third-order valence-corrected chi connectivity index (χ3v) is 8.43. The summed E-state index contributed by atoms with van der Waals surface area (Å²) in [5.74, 6) is -0.194. The van der Waals surface area contributed by atoms with E-state index in [4.69, 9.17) is 15.5 Å². The third-order valence-electron chi connectivity index (χ3n) is 8.43. The number of carbonyl (C=O) groups is 3. The first kappa shape index (κ1) is 31.2. The summed E-state index contributed by atoms with van der Waals surface area (Å²) in [6, 6.07) is 23.8.